The Balaban J connectivity index is 2.70. The van der Waals surface area contributed by atoms with Gasteiger partial charge in [-0.3, -0.25) is 0 Å². The van der Waals surface area contributed by atoms with E-state index < -0.39 is 11.7 Å². The van der Waals surface area contributed by atoms with E-state index >= 15 is 0 Å². The zero-order valence-corrected chi connectivity index (χ0v) is 11.3. The summed E-state index contributed by atoms with van der Waals surface area (Å²) in [5.74, 6) is 0. The van der Waals surface area contributed by atoms with Gasteiger partial charge in [-0.2, -0.15) is 18.4 Å². The molecule has 2 aromatic carbocycles. The second kappa shape index (κ2) is 5.35. The molecule has 0 N–H and O–H groups in total. The predicted molar refractivity (Wildman–Crippen MR) is 71.6 cm³/mol. The number of benzene rings is 2. The van der Waals surface area contributed by atoms with Crippen molar-refractivity contribution < 1.29 is 13.2 Å². The van der Waals surface area contributed by atoms with Gasteiger partial charge in [0.2, 0.25) is 0 Å². The van der Waals surface area contributed by atoms with E-state index in [9.17, 15) is 13.2 Å². The molecule has 0 fully saturated rings. The van der Waals surface area contributed by atoms with Crippen molar-refractivity contribution in [3.05, 3.63) is 57.6 Å². The minimum Gasteiger partial charge on any atom is -0.192 e. The van der Waals surface area contributed by atoms with Crippen molar-refractivity contribution >= 4 is 23.2 Å². The van der Waals surface area contributed by atoms with Gasteiger partial charge in [0.1, 0.15) is 6.07 Å². The van der Waals surface area contributed by atoms with E-state index in [4.69, 9.17) is 28.5 Å². The Kier molecular flexibility index (Phi) is 3.94. The van der Waals surface area contributed by atoms with Crippen LogP contribution < -0.4 is 0 Å². The van der Waals surface area contributed by atoms with Gasteiger partial charge in [-0.15, -0.1) is 0 Å². The summed E-state index contributed by atoms with van der Waals surface area (Å²) in [5, 5.41) is 8.83. The molecule has 2 rings (SSSR count). The van der Waals surface area contributed by atoms with Crippen molar-refractivity contribution in [3.8, 4) is 17.2 Å². The molecule has 0 unspecified atom stereocenters. The number of nitrogens with zero attached hydrogens (tertiary/aromatic N) is 1. The molecule has 2 aromatic rings. The quantitative estimate of drug-likeness (QED) is 0.676. The van der Waals surface area contributed by atoms with E-state index in [1.165, 1.54) is 30.3 Å². The molecule has 0 radical (unpaired) electrons. The van der Waals surface area contributed by atoms with E-state index in [-0.39, 0.29) is 26.7 Å². The van der Waals surface area contributed by atoms with Gasteiger partial charge in [0.05, 0.1) is 16.1 Å². The van der Waals surface area contributed by atoms with Crippen LogP contribution in [0.5, 0.6) is 0 Å². The molecular weight excluding hydrogens is 310 g/mol. The van der Waals surface area contributed by atoms with Crippen molar-refractivity contribution in [1.82, 2.24) is 0 Å². The number of alkyl halides is 3. The molecule has 0 aromatic heterocycles. The average molecular weight is 316 g/mol. The number of hydrogen-bond donors (Lipinski definition) is 0. The highest BCUT2D eigenvalue weighted by atomic mass is 35.5. The smallest absolute Gasteiger partial charge is 0.192 e. The van der Waals surface area contributed by atoms with Crippen LogP contribution in [0, 0.1) is 11.3 Å². The van der Waals surface area contributed by atoms with E-state index in [0.29, 0.717) is 0 Å². The Bertz CT molecular complexity index is 703. The van der Waals surface area contributed by atoms with Gasteiger partial charge in [-0.1, -0.05) is 35.3 Å². The summed E-state index contributed by atoms with van der Waals surface area (Å²) >= 11 is 11.7. The lowest BCUT2D eigenvalue weighted by Gasteiger charge is -2.14. The maximum Gasteiger partial charge on any atom is 0.417 e. The third-order valence-electron chi connectivity index (χ3n) is 2.70. The molecule has 102 valence electrons. The van der Waals surface area contributed by atoms with Gasteiger partial charge >= 0.3 is 6.18 Å². The number of halogens is 5. The Labute approximate surface area is 123 Å². The van der Waals surface area contributed by atoms with Crippen molar-refractivity contribution in [3.63, 3.8) is 0 Å². The molecule has 1 nitrogen and oxygen atoms in total. The summed E-state index contributed by atoms with van der Waals surface area (Å²) in [7, 11) is 0. The topological polar surface area (TPSA) is 23.8 Å². The zero-order chi connectivity index (χ0) is 14.9. The summed E-state index contributed by atoms with van der Waals surface area (Å²) in [6.45, 7) is 0. The normalized spacial score (nSPS) is 11.2. The lowest BCUT2D eigenvalue weighted by molar-refractivity contribution is -0.137. The van der Waals surface area contributed by atoms with Crippen molar-refractivity contribution in [2.24, 2.45) is 0 Å². The van der Waals surface area contributed by atoms with E-state index in [1.54, 1.807) is 0 Å². The molecule has 0 heterocycles. The average Bonchev–Trinajstić information content (AvgIpc) is 2.37. The summed E-state index contributed by atoms with van der Waals surface area (Å²) in [4.78, 5) is 0. The second-order valence-electron chi connectivity index (χ2n) is 3.97. The largest absolute Gasteiger partial charge is 0.417 e. The number of hydrogen-bond acceptors (Lipinski definition) is 1. The first-order chi connectivity index (χ1) is 9.34. The zero-order valence-electron chi connectivity index (χ0n) is 9.80. The molecule has 0 saturated carbocycles. The monoisotopic (exact) mass is 315 g/mol. The van der Waals surface area contributed by atoms with Crippen molar-refractivity contribution in [2.45, 2.75) is 6.18 Å². The maximum absolute atomic E-state index is 13.0. The molecule has 0 bridgehead atoms. The first kappa shape index (κ1) is 14.7. The van der Waals surface area contributed by atoms with Gasteiger partial charge < -0.3 is 0 Å². The molecule has 0 atom stereocenters. The van der Waals surface area contributed by atoms with Crippen molar-refractivity contribution in [1.29, 1.82) is 5.26 Å². The van der Waals surface area contributed by atoms with Crippen molar-refractivity contribution in [2.75, 3.05) is 0 Å². The van der Waals surface area contributed by atoms with Gasteiger partial charge in [0.15, 0.2) is 0 Å². The summed E-state index contributed by atoms with van der Waals surface area (Å²) in [6.07, 6.45) is -4.53. The van der Waals surface area contributed by atoms with Crippen LogP contribution >= 0.6 is 23.2 Å². The van der Waals surface area contributed by atoms with Crippen LogP contribution in [0.2, 0.25) is 10.0 Å². The van der Waals surface area contributed by atoms with E-state index in [0.717, 1.165) is 6.07 Å². The van der Waals surface area contributed by atoms with Gasteiger partial charge in [0.25, 0.3) is 0 Å². The highest BCUT2D eigenvalue weighted by molar-refractivity contribution is 6.34. The molecule has 6 heteroatoms. The molecule has 0 saturated heterocycles. The van der Waals surface area contributed by atoms with Gasteiger partial charge in [-0.25, -0.2) is 0 Å². The fourth-order valence-corrected chi connectivity index (χ4v) is 2.32. The lowest BCUT2D eigenvalue weighted by Crippen LogP contribution is -2.07. The van der Waals surface area contributed by atoms with E-state index in [1.807, 2.05) is 6.07 Å². The molecule has 0 aliphatic carbocycles. The summed E-state index contributed by atoms with van der Waals surface area (Å²) in [6, 6.07) is 9.46. The molecular formula is C14H6Cl2F3N. The molecule has 0 aliphatic rings. The number of nitriles is 1. The first-order valence-corrected chi connectivity index (χ1v) is 6.16. The van der Waals surface area contributed by atoms with Crippen LogP contribution in [-0.4, -0.2) is 0 Å². The third-order valence-corrected chi connectivity index (χ3v) is 3.32. The van der Waals surface area contributed by atoms with Crippen LogP contribution in [0.1, 0.15) is 11.1 Å². The van der Waals surface area contributed by atoms with Crippen LogP contribution in [0.15, 0.2) is 36.4 Å². The first-order valence-electron chi connectivity index (χ1n) is 5.40. The highest BCUT2D eigenvalue weighted by Crippen LogP contribution is 2.41. The van der Waals surface area contributed by atoms with Crippen LogP contribution in [0.4, 0.5) is 13.2 Å². The molecule has 0 aliphatic heterocycles. The van der Waals surface area contributed by atoms with Crippen LogP contribution in [0.25, 0.3) is 11.1 Å². The fraction of sp³-hybridized carbons (Fsp3) is 0.0714. The standard InChI is InChI=1S/C14H6Cl2F3N/c15-11-3-1-2-10(14(17,18)19)13(11)8-4-5-9(7-20)12(16)6-8/h1-6H. The van der Waals surface area contributed by atoms with Crippen LogP contribution in [0.3, 0.4) is 0 Å². The predicted octanol–water partition coefficient (Wildman–Crippen LogP) is 5.55. The van der Waals surface area contributed by atoms with Gasteiger partial charge in [-0.05, 0) is 29.8 Å². The second-order valence-corrected chi connectivity index (χ2v) is 4.78. The van der Waals surface area contributed by atoms with E-state index in [2.05, 4.69) is 0 Å². The minimum atomic E-state index is -4.53. The lowest BCUT2D eigenvalue weighted by atomic mass is 9.98. The van der Waals surface area contributed by atoms with Gasteiger partial charge in [0, 0.05) is 10.6 Å². The summed E-state index contributed by atoms with van der Waals surface area (Å²) in [5.41, 5.74) is -0.582. The Hall–Kier alpha value is -1.70. The third kappa shape index (κ3) is 2.74. The Morgan fingerprint density at radius 1 is 1.00 bits per heavy atom. The molecule has 0 spiro atoms. The maximum atomic E-state index is 13.0. The SMILES string of the molecule is N#Cc1ccc(-c2c(Cl)cccc2C(F)(F)F)cc1Cl. The summed E-state index contributed by atoms with van der Waals surface area (Å²) < 4.78 is 39.0. The number of rotatable bonds is 1. The molecule has 20 heavy (non-hydrogen) atoms. The van der Waals surface area contributed by atoms with Crippen LogP contribution in [-0.2, 0) is 6.18 Å². The highest BCUT2D eigenvalue weighted by Gasteiger charge is 2.34. The Morgan fingerprint density at radius 3 is 2.25 bits per heavy atom. The minimum absolute atomic E-state index is 0.0272. The fourth-order valence-electron chi connectivity index (χ4n) is 1.82. The molecule has 0 amide bonds. The Morgan fingerprint density at radius 2 is 1.70 bits per heavy atom.